The van der Waals surface area contributed by atoms with Crippen LogP contribution in [0.4, 0.5) is 4.39 Å². The molecule has 2 heterocycles. The molecular formula is C16H12FN3O. The average molecular weight is 281 g/mol. The lowest BCUT2D eigenvalue weighted by molar-refractivity contribution is 0.100. The molecule has 3 aromatic rings. The molecule has 0 aliphatic heterocycles. The Kier molecular flexibility index (Phi) is 3.23. The van der Waals surface area contributed by atoms with Crippen LogP contribution in [-0.4, -0.2) is 15.5 Å². The maximum Gasteiger partial charge on any atom is 0.250 e. The number of hydrogen-bond acceptors (Lipinski definition) is 2. The Labute approximate surface area is 120 Å². The van der Waals surface area contributed by atoms with E-state index in [1.165, 1.54) is 12.1 Å². The van der Waals surface area contributed by atoms with E-state index in [2.05, 4.69) is 4.98 Å². The Hall–Kier alpha value is -2.95. The third kappa shape index (κ3) is 2.53. The minimum absolute atomic E-state index is 0.313. The Morgan fingerprint density at radius 2 is 1.76 bits per heavy atom. The Morgan fingerprint density at radius 1 is 1.10 bits per heavy atom. The van der Waals surface area contributed by atoms with Crippen LogP contribution in [0, 0.1) is 5.82 Å². The summed E-state index contributed by atoms with van der Waals surface area (Å²) in [6.07, 6.45) is 4.98. The van der Waals surface area contributed by atoms with E-state index in [1.54, 1.807) is 41.4 Å². The third-order valence-corrected chi connectivity index (χ3v) is 3.19. The van der Waals surface area contributed by atoms with Crippen LogP contribution in [-0.2, 0) is 0 Å². The van der Waals surface area contributed by atoms with Gasteiger partial charge in [-0.05, 0) is 42.5 Å². The standard InChI is InChI=1S/C16H12FN3O/c17-13-1-3-14(4-2-13)20-10-12(16(18)21)9-15(20)11-5-7-19-8-6-11/h1-10H,(H2,18,21). The van der Waals surface area contributed by atoms with E-state index in [9.17, 15) is 9.18 Å². The summed E-state index contributed by atoms with van der Waals surface area (Å²) in [5, 5.41) is 0. The minimum Gasteiger partial charge on any atom is -0.366 e. The zero-order valence-corrected chi connectivity index (χ0v) is 11.0. The Balaban J connectivity index is 2.19. The van der Waals surface area contributed by atoms with Crippen molar-refractivity contribution < 1.29 is 9.18 Å². The summed E-state index contributed by atoms with van der Waals surface area (Å²) in [5.41, 5.74) is 8.17. The van der Waals surface area contributed by atoms with Crippen LogP contribution in [0.15, 0.2) is 61.1 Å². The second-order valence-electron chi connectivity index (χ2n) is 4.56. The minimum atomic E-state index is -0.508. The number of rotatable bonds is 3. The van der Waals surface area contributed by atoms with Crippen LogP contribution in [0.5, 0.6) is 0 Å². The summed E-state index contributed by atoms with van der Waals surface area (Å²) in [7, 11) is 0. The highest BCUT2D eigenvalue weighted by molar-refractivity contribution is 5.94. The quantitative estimate of drug-likeness (QED) is 0.802. The van der Waals surface area contributed by atoms with Gasteiger partial charge in [-0.15, -0.1) is 0 Å². The van der Waals surface area contributed by atoms with Gasteiger partial charge in [0.05, 0.1) is 11.3 Å². The van der Waals surface area contributed by atoms with Gasteiger partial charge in [-0.1, -0.05) is 0 Å². The Morgan fingerprint density at radius 3 is 2.38 bits per heavy atom. The zero-order chi connectivity index (χ0) is 14.8. The predicted molar refractivity (Wildman–Crippen MR) is 77.5 cm³/mol. The van der Waals surface area contributed by atoms with E-state index in [1.807, 2.05) is 12.1 Å². The van der Waals surface area contributed by atoms with Crippen molar-refractivity contribution in [1.29, 1.82) is 0 Å². The summed E-state index contributed by atoms with van der Waals surface area (Å²) in [6, 6.07) is 11.4. The second-order valence-corrected chi connectivity index (χ2v) is 4.56. The molecule has 0 radical (unpaired) electrons. The molecule has 0 spiro atoms. The largest absolute Gasteiger partial charge is 0.366 e. The van der Waals surface area contributed by atoms with Crippen LogP contribution in [0.3, 0.4) is 0 Å². The molecular weight excluding hydrogens is 269 g/mol. The van der Waals surface area contributed by atoms with Crippen molar-refractivity contribution in [2.75, 3.05) is 0 Å². The van der Waals surface area contributed by atoms with E-state index in [0.717, 1.165) is 16.9 Å². The molecule has 0 aliphatic carbocycles. The lowest BCUT2D eigenvalue weighted by Crippen LogP contribution is -2.09. The van der Waals surface area contributed by atoms with Crippen LogP contribution in [0.1, 0.15) is 10.4 Å². The average Bonchev–Trinajstić information content (AvgIpc) is 2.94. The summed E-state index contributed by atoms with van der Waals surface area (Å²) in [5.74, 6) is -0.822. The highest BCUT2D eigenvalue weighted by Crippen LogP contribution is 2.25. The van der Waals surface area contributed by atoms with Gasteiger partial charge in [-0.2, -0.15) is 0 Å². The molecule has 2 aromatic heterocycles. The molecule has 2 N–H and O–H groups in total. The number of carbonyl (C=O) groups is 1. The van der Waals surface area contributed by atoms with Crippen molar-refractivity contribution in [3.63, 3.8) is 0 Å². The number of primary amides is 1. The zero-order valence-electron chi connectivity index (χ0n) is 11.0. The number of amides is 1. The third-order valence-electron chi connectivity index (χ3n) is 3.19. The smallest absolute Gasteiger partial charge is 0.250 e. The molecule has 1 amide bonds. The van der Waals surface area contributed by atoms with E-state index in [4.69, 9.17) is 5.73 Å². The molecule has 0 fully saturated rings. The monoisotopic (exact) mass is 281 g/mol. The summed E-state index contributed by atoms with van der Waals surface area (Å²) in [6.45, 7) is 0. The van der Waals surface area contributed by atoms with Crippen LogP contribution < -0.4 is 5.73 Å². The number of benzene rings is 1. The van der Waals surface area contributed by atoms with E-state index in [0.29, 0.717) is 5.56 Å². The first-order valence-corrected chi connectivity index (χ1v) is 6.34. The molecule has 21 heavy (non-hydrogen) atoms. The van der Waals surface area contributed by atoms with Crippen molar-refractivity contribution in [2.45, 2.75) is 0 Å². The van der Waals surface area contributed by atoms with Crippen LogP contribution >= 0.6 is 0 Å². The predicted octanol–water partition coefficient (Wildman–Crippen LogP) is 2.78. The fourth-order valence-electron chi connectivity index (χ4n) is 2.16. The molecule has 0 unspecified atom stereocenters. The maximum absolute atomic E-state index is 13.1. The second kappa shape index (κ2) is 5.20. The molecule has 0 aliphatic rings. The summed E-state index contributed by atoms with van der Waals surface area (Å²) in [4.78, 5) is 15.4. The number of pyridine rings is 1. The molecule has 0 bridgehead atoms. The van der Waals surface area contributed by atoms with Gasteiger partial charge in [-0.25, -0.2) is 4.39 Å². The Bertz CT molecular complexity index is 779. The first-order valence-electron chi connectivity index (χ1n) is 6.34. The fourth-order valence-corrected chi connectivity index (χ4v) is 2.16. The molecule has 0 saturated heterocycles. The van der Waals surface area contributed by atoms with Gasteiger partial charge in [0.15, 0.2) is 0 Å². The van der Waals surface area contributed by atoms with E-state index in [-0.39, 0.29) is 5.82 Å². The summed E-state index contributed by atoms with van der Waals surface area (Å²) >= 11 is 0. The summed E-state index contributed by atoms with van der Waals surface area (Å²) < 4.78 is 14.9. The molecule has 0 atom stereocenters. The number of nitrogens with zero attached hydrogens (tertiary/aromatic N) is 2. The number of halogens is 1. The van der Waals surface area contributed by atoms with Crippen molar-refractivity contribution in [2.24, 2.45) is 5.73 Å². The molecule has 5 heteroatoms. The number of carbonyl (C=O) groups excluding carboxylic acids is 1. The number of aromatic nitrogens is 2. The number of hydrogen-bond donors (Lipinski definition) is 1. The fraction of sp³-hybridized carbons (Fsp3) is 0. The number of nitrogens with two attached hydrogens (primary N) is 1. The SMILES string of the molecule is NC(=O)c1cc(-c2ccncc2)n(-c2ccc(F)cc2)c1. The normalized spacial score (nSPS) is 10.5. The van der Waals surface area contributed by atoms with Gasteiger partial charge in [0.25, 0.3) is 0 Å². The van der Waals surface area contributed by atoms with Crippen molar-refractivity contribution in [3.05, 3.63) is 72.4 Å². The van der Waals surface area contributed by atoms with Gasteiger partial charge >= 0.3 is 0 Å². The van der Waals surface area contributed by atoms with E-state index < -0.39 is 5.91 Å². The van der Waals surface area contributed by atoms with Crippen LogP contribution in [0.2, 0.25) is 0 Å². The first-order chi connectivity index (χ1) is 10.1. The lowest BCUT2D eigenvalue weighted by atomic mass is 10.2. The highest BCUT2D eigenvalue weighted by Gasteiger charge is 2.12. The maximum atomic E-state index is 13.1. The molecule has 4 nitrogen and oxygen atoms in total. The molecule has 3 rings (SSSR count). The van der Waals surface area contributed by atoms with Crippen molar-refractivity contribution in [3.8, 4) is 16.9 Å². The van der Waals surface area contributed by atoms with Gasteiger partial charge in [0.1, 0.15) is 5.82 Å². The van der Waals surface area contributed by atoms with E-state index >= 15 is 0 Å². The highest BCUT2D eigenvalue weighted by atomic mass is 19.1. The van der Waals surface area contributed by atoms with Gasteiger partial charge < -0.3 is 10.3 Å². The molecule has 104 valence electrons. The van der Waals surface area contributed by atoms with Gasteiger partial charge in [0, 0.05) is 29.8 Å². The van der Waals surface area contributed by atoms with Gasteiger partial charge in [-0.3, -0.25) is 9.78 Å². The molecule has 0 saturated carbocycles. The van der Waals surface area contributed by atoms with Gasteiger partial charge in [0.2, 0.25) is 5.91 Å². The topological polar surface area (TPSA) is 60.9 Å². The lowest BCUT2D eigenvalue weighted by Gasteiger charge is -2.09. The molecule has 1 aromatic carbocycles. The van der Waals surface area contributed by atoms with Crippen LogP contribution in [0.25, 0.3) is 16.9 Å². The van der Waals surface area contributed by atoms with Crippen molar-refractivity contribution in [1.82, 2.24) is 9.55 Å². The van der Waals surface area contributed by atoms with Crippen molar-refractivity contribution >= 4 is 5.91 Å². The first kappa shape index (κ1) is 13.1.